The Kier molecular flexibility index (Phi) is 6.11. The van der Waals surface area contributed by atoms with Crippen molar-refractivity contribution in [2.75, 3.05) is 0 Å². The van der Waals surface area contributed by atoms with Gasteiger partial charge in [-0.05, 0) is 30.3 Å². The molecule has 0 amide bonds. The van der Waals surface area contributed by atoms with Gasteiger partial charge in [0.2, 0.25) is 0 Å². The van der Waals surface area contributed by atoms with Crippen molar-refractivity contribution in [1.29, 1.82) is 5.26 Å². The molecule has 0 aliphatic heterocycles. The van der Waals surface area contributed by atoms with Crippen LogP contribution in [0.25, 0.3) is 88.4 Å². The first-order valence-electron chi connectivity index (χ1n) is 15.4. The first-order chi connectivity index (χ1) is 23.7. The molecular formula is C41H22N6O. The van der Waals surface area contributed by atoms with Crippen LogP contribution in [0.3, 0.4) is 0 Å². The Morgan fingerprint density at radius 3 is 1.90 bits per heavy atom. The molecular weight excluding hydrogens is 592 g/mol. The summed E-state index contributed by atoms with van der Waals surface area (Å²) in [4.78, 5) is 18.4. The van der Waals surface area contributed by atoms with Gasteiger partial charge in [-0.15, -0.1) is 0 Å². The van der Waals surface area contributed by atoms with E-state index >= 15 is 0 Å². The van der Waals surface area contributed by atoms with E-state index in [1.807, 2.05) is 108 Å². The number of hydrogen-bond donors (Lipinski definition) is 0. The summed E-state index contributed by atoms with van der Waals surface area (Å²) in [5, 5.41) is 14.8. The molecule has 9 aromatic rings. The van der Waals surface area contributed by atoms with Crippen LogP contribution in [0.15, 0.2) is 138 Å². The van der Waals surface area contributed by atoms with Crippen molar-refractivity contribution >= 4 is 49.4 Å². The molecule has 0 N–H and O–H groups in total. The van der Waals surface area contributed by atoms with E-state index < -0.39 is 0 Å². The molecule has 0 fully saturated rings. The Labute approximate surface area is 274 Å². The van der Waals surface area contributed by atoms with E-state index in [0.29, 0.717) is 40.0 Å². The third-order valence-electron chi connectivity index (χ3n) is 8.71. The summed E-state index contributed by atoms with van der Waals surface area (Å²) in [5.74, 6) is 1.29. The van der Waals surface area contributed by atoms with Crippen molar-refractivity contribution in [2.45, 2.75) is 0 Å². The minimum Gasteiger partial charge on any atom is -0.456 e. The van der Waals surface area contributed by atoms with Gasteiger partial charge in [0.25, 0.3) is 0 Å². The fourth-order valence-electron chi connectivity index (χ4n) is 6.50. The van der Waals surface area contributed by atoms with Gasteiger partial charge in [0.05, 0.1) is 28.9 Å². The predicted molar refractivity (Wildman–Crippen MR) is 189 cm³/mol. The summed E-state index contributed by atoms with van der Waals surface area (Å²) in [6.45, 7) is 8.26. The average Bonchev–Trinajstić information content (AvgIpc) is 3.68. The third kappa shape index (κ3) is 4.23. The maximum atomic E-state index is 10.6. The van der Waals surface area contributed by atoms with Gasteiger partial charge in [-0.2, -0.15) is 5.26 Å². The van der Waals surface area contributed by atoms with Crippen molar-refractivity contribution in [3.8, 4) is 45.9 Å². The maximum absolute atomic E-state index is 10.6. The van der Waals surface area contributed by atoms with Crippen LogP contribution >= 0.6 is 0 Å². The summed E-state index contributed by atoms with van der Waals surface area (Å²) >= 11 is 0. The fourth-order valence-corrected chi connectivity index (χ4v) is 6.50. The molecule has 0 spiro atoms. The SMILES string of the molecule is [C-]#[N+]c1cc(-n2c3ccccc3c3cc4c(cc32)oc2ccccc24)c(C#N)cc1-c1nc(-c2ccccc2)nc(-c2ccccc2)n1. The minimum absolute atomic E-state index is 0.322. The highest BCUT2D eigenvalue weighted by Gasteiger charge is 2.22. The van der Waals surface area contributed by atoms with Crippen molar-refractivity contribution in [3.05, 3.63) is 150 Å². The van der Waals surface area contributed by atoms with Crippen molar-refractivity contribution in [2.24, 2.45) is 0 Å². The van der Waals surface area contributed by atoms with Crippen LogP contribution in [0.5, 0.6) is 0 Å². The summed E-state index contributed by atoms with van der Waals surface area (Å²) in [7, 11) is 0. The highest BCUT2D eigenvalue weighted by molar-refractivity contribution is 6.17. The Bertz CT molecular complexity index is 2740. The van der Waals surface area contributed by atoms with E-state index in [4.69, 9.17) is 25.9 Å². The van der Waals surface area contributed by atoms with Crippen LogP contribution in [0.4, 0.5) is 5.69 Å². The van der Waals surface area contributed by atoms with E-state index in [2.05, 4.69) is 29.1 Å². The molecule has 7 heteroatoms. The Hall–Kier alpha value is -7.09. The monoisotopic (exact) mass is 614 g/mol. The molecule has 9 rings (SSSR count). The van der Waals surface area contributed by atoms with Crippen LogP contribution < -0.4 is 0 Å². The zero-order valence-corrected chi connectivity index (χ0v) is 25.3. The first kappa shape index (κ1) is 27.2. The van der Waals surface area contributed by atoms with Gasteiger partial charge < -0.3 is 8.98 Å². The molecule has 0 saturated carbocycles. The lowest BCUT2D eigenvalue weighted by Crippen LogP contribution is -2.02. The Morgan fingerprint density at radius 2 is 1.21 bits per heavy atom. The second-order valence-electron chi connectivity index (χ2n) is 11.5. The number of fused-ring (bicyclic) bond motifs is 6. The minimum atomic E-state index is 0.322. The van der Waals surface area contributed by atoms with E-state index in [1.165, 1.54) is 0 Å². The second-order valence-corrected chi connectivity index (χ2v) is 11.5. The van der Waals surface area contributed by atoms with Crippen LogP contribution in [-0.2, 0) is 0 Å². The standard InChI is InChI=1S/C41H22N6O/c1-43-33-22-35(47-34-18-10-8-16-28(34)30-21-31-29-17-9-11-19-37(29)48-38(31)23-36(30)47)27(24-42)20-32(33)41-45-39(25-12-4-2-5-13-25)44-40(46-41)26-14-6-3-7-15-26/h2-23H. The largest absolute Gasteiger partial charge is 0.456 e. The average molecular weight is 615 g/mol. The van der Waals surface area contributed by atoms with E-state index in [1.54, 1.807) is 12.1 Å². The van der Waals surface area contributed by atoms with Crippen molar-refractivity contribution in [1.82, 2.24) is 19.5 Å². The number of aromatic nitrogens is 4. The zero-order valence-electron chi connectivity index (χ0n) is 25.3. The lowest BCUT2D eigenvalue weighted by atomic mass is 10.0. The molecule has 0 aliphatic carbocycles. The van der Waals surface area contributed by atoms with Gasteiger partial charge in [-0.3, -0.25) is 0 Å². The Balaban J connectivity index is 1.30. The maximum Gasteiger partial charge on any atom is 0.200 e. The zero-order chi connectivity index (χ0) is 32.2. The smallest absolute Gasteiger partial charge is 0.200 e. The quantitative estimate of drug-likeness (QED) is 0.184. The number of para-hydroxylation sites is 2. The second kappa shape index (κ2) is 10.8. The topological polar surface area (TPSA) is 84.9 Å². The number of rotatable bonds is 4. The Morgan fingerprint density at radius 1 is 0.583 bits per heavy atom. The van der Waals surface area contributed by atoms with Crippen LogP contribution in [0.2, 0.25) is 0 Å². The fraction of sp³-hybridized carbons (Fsp3) is 0. The highest BCUT2D eigenvalue weighted by Crippen LogP contribution is 2.41. The molecule has 3 aromatic heterocycles. The van der Waals surface area contributed by atoms with Crippen molar-refractivity contribution in [3.63, 3.8) is 0 Å². The number of furan rings is 1. The summed E-state index contributed by atoms with van der Waals surface area (Å²) in [6.07, 6.45) is 0. The number of nitrogens with zero attached hydrogens (tertiary/aromatic N) is 6. The lowest BCUT2D eigenvalue weighted by molar-refractivity contribution is 0.669. The number of hydrogen-bond acceptors (Lipinski definition) is 5. The normalized spacial score (nSPS) is 11.3. The van der Waals surface area contributed by atoms with Crippen LogP contribution in [0.1, 0.15) is 5.56 Å². The van der Waals surface area contributed by atoms with E-state index in [0.717, 1.165) is 54.9 Å². The molecule has 0 bridgehead atoms. The van der Waals surface area contributed by atoms with E-state index in [-0.39, 0.29) is 0 Å². The molecule has 48 heavy (non-hydrogen) atoms. The van der Waals surface area contributed by atoms with Crippen LogP contribution in [0, 0.1) is 17.9 Å². The summed E-state index contributed by atoms with van der Waals surface area (Å²) in [6, 6.07) is 45.5. The molecule has 3 heterocycles. The molecule has 0 saturated heterocycles. The molecule has 0 unspecified atom stereocenters. The van der Waals surface area contributed by atoms with E-state index in [9.17, 15) is 5.26 Å². The number of nitriles is 1. The molecule has 0 atom stereocenters. The van der Waals surface area contributed by atoms with Gasteiger partial charge in [-0.25, -0.2) is 19.8 Å². The lowest BCUT2D eigenvalue weighted by Gasteiger charge is -2.14. The summed E-state index contributed by atoms with van der Waals surface area (Å²) < 4.78 is 8.32. The molecule has 0 aliphatic rings. The highest BCUT2D eigenvalue weighted by atomic mass is 16.3. The van der Waals surface area contributed by atoms with Gasteiger partial charge in [0.15, 0.2) is 23.2 Å². The molecule has 7 nitrogen and oxygen atoms in total. The van der Waals surface area contributed by atoms with Gasteiger partial charge in [-0.1, -0.05) is 97.1 Å². The van der Waals surface area contributed by atoms with Gasteiger partial charge in [0.1, 0.15) is 17.2 Å². The third-order valence-corrected chi connectivity index (χ3v) is 8.71. The first-order valence-corrected chi connectivity index (χ1v) is 15.4. The van der Waals surface area contributed by atoms with Crippen molar-refractivity contribution < 1.29 is 4.42 Å². The van der Waals surface area contributed by atoms with Crippen LogP contribution in [-0.4, -0.2) is 19.5 Å². The predicted octanol–water partition coefficient (Wildman–Crippen LogP) is 10.3. The molecule has 0 radical (unpaired) electrons. The number of benzene rings is 6. The summed E-state index contributed by atoms with van der Waals surface area (Å²) in [5.41, 5.74) is 6.76. The van der Waals surface area contributed by atoms with Gasteiger partial charge >= 0.3 is 0 Å². The van der Waals surface area contributed by atoms with Gasteiger partial charge in [0, 0.05) is 44.3 Å². The molecule has 6 aromatic carbocycles. The molecule has 222 valence electrons.